The molecule has 0 radical (unpaired) electrons. The summed E-state index contributed by atoms with van der Waals surface area (Å²) in [6, 6.07) is 3.43. The normalized spacial score (nSPS) is 10.5. The molecule has 2 aromatic rings. The summed E-state index contributed by atoms with van der Waals surface area (Å²) in [5.74, 6) is 1.11. The lowest BCUT2D eigenvalue weighted by atomic mass is 10.3. The lowest BCUT2D eigenvalue weighted by molar-refractivity contribution is 0.0944. The first-order valence-corrected chi connectivity index (χ1v) is 5.29. The maximum absolute atomic E-state index is 11.6. The van der Waals surface area contributed by atoms with E-state index in [9.17, 15) is 4.79 Å². The van der Waals surface area contributed by atoms with Crippen LogP contribution >= 0.6 is 0 Å². The number of carbonyl (C=O) groups is 1. The Morgan fingerprint density at radius 3 is 2.71 bits per heavy atom. The third-order valence-electron chi connectivity index (χ3n) is 2.19. The van der Waals surface area contributed by atoms with Gasteiger partial charge < -0.3 is 14.4 Å². The van der Waals surface area contributed by atoms with Gasteiger partial charge in [0.15, 0.2) is 5.69 Å². The van der Waals surface area contributed by atoms with Crippen LogP contribution in [0.15, 0.2) is 21.2 Å². The van der Waals surface area contributed by atoms with Crippen LogP contribution in [0.25, 0.3) is 0 Å². The van der Waals surface area contributed by atoms with Crippen molar-refractivity contribution >= 4 is 5.91 Å². The number of amides is 1. The molecule has 6 nitrogen and oxygen atoms in total. The quantitative estimate of drug-likeness (QED) is 0.862. The molecule has 0 aliphatic heterocycles. The molecule has 0 spiro atoms. The Bertz CT molecular complexity index is 516. The number of nitrogens with zero attached hydrogens (tertiary/aromatic N) is 2. The van der Waals surface area contributed by atoms with Crippen molar-refractivity contribution in [2.75, 3.05) is 6.54 Å². The monoisotopic (exact) mass is 235 g/mol. The van der Waals surface area contributed by atoms with Gasteiger partial charge in [-0.3, -0.25) is 4.79 Å². The van der Waals surface area contributed by atoms with Crippen molar-refractivity contribution in [1.82, 2.24) is 15.6 Å². The molecule has 0 aromatic carbocycles. The maximum atomic E-state index is 11.6. The van der Waals surface area contributed by atoms with Gasteiger partial charge in [0, 0.05) is 25.1 Å². The lowest BCUT2D eigenvalue weighted by Crippen LogP contribution is -2.25. The molecule has 2 heterocycles. The molecule has 0 aliphatic carbocycles. The summed E-state index contributed by atoms with van der Waals surface area (Å²) in [5, 5.41) is 10.1. The van der Waals surface area contributed by atoms with E-state index in [1.54, 1.807) is 13.0 Å². The lowest BCUT2D eigenvalue weighted by Gasteiger charge is -1.99. The highest BCUT2D eigenvalue weighted by molar-refractivity contribution is 5.92. The Balaban J connectivity index is 1.81. The Morgan fingerprint density at radius 2 is 2.12 bits per heavy atom. The van der Waals surface area contributed by atoms with Gasteiger partial charge in [0.2, 0.25) is 0 Å². The summed E-state index contributed by atoms with van der Waals surface area (Å²) in [6.07, 6.45) is 0.601. The van der Waals surface area contributed by atoms with E-state index in [1.165, 1.54) is 0 Å². The van der Waals surface area contributed by atoms with Crippen molar-refractivity contribution in [2.45, 2.75) is 20.3 Å². The van der Waals surface area contributed by atoms with Gasteiger partial charge in [-0.25, -0.2) is 0 Å². The summed E-state index contributed by atoms with van der Waals surface area (Å²) in [6.45, 7) is 4.06. The molecule has 17 heavy (non-hydrogen) atoms. The number of rotatable bonds is 4. The fourth-order valence-corrected chi connectivity index (χ4v) is 1.40. The smallest absolute Gasteiger partial charge is 0.273 e. The molecular formula is C11H13N3O3. The second-order valence-electron chi connectivity index (χ2n) is 3.76. The van der Waals surface area contributed by atoms with Crippen molar-refractivity contribution in [2.24, 2.45) is 0 Å². The third-order valence-corrected chi connectivity index (χ3v) is 2.19. The molecule has 0 saturated heterocycles. The number of hydrogen-bond acceptors (Lipinski definition) is 5. The van der Waals surface area contributed by atoms with Gasteiger partial charge in [-0.05, 0) is 13.8 Å². The van der Waals surface area contributed by atoms with E-state index in [4.69, 9.17) is 9.05 Å². The summed E-state index contributed by atoms with van der Waals surface area (Å²) in [5.41, 5.74) is 1.12. The van der Waals surface area contributed by atoms with Crippen LogP contribution in [-0.2, 0) is 6.42 Å². The summed E-state index contributed by atoms with van der Waals surface area (Å²) in [4.78, 5) is 11.6. The van der Waals surface area contributed by atoms with E-state index >= 15 is 0 Å². The second kappa shape index (κ2) is 4.82. The highest BCUT2D eigenvalue weighted by atomic mass is 16.5. The van der Waals surface area contributed by atoms with E-state index < -0.39 is 0 Å². The van der Waals surface area contributed by atoms with E-state index in [0.29, 0.717) is 18.7 Å². The van der Waals surface area contributed by atoms with Crippen LogP contribution in [0.1, 0.15) is 27.7 Å². The van der Waals surface area contributed by atoms with Crippen LogP contribution in [0.2, 0.25) is 0 Å². The van der Waals surface area contributed by atoms with Crippen molar-refractivity contribution < 1.29 is 13.8 Å². The molecule has 2 aromatic heterocycles. The zero-order valence-corrected chi connectivity index (χ0v) is 9.69. The molecule has 90 valence electrons. The molecule has 2 rings (SSSR count). The van der Waals surface area contributed by atoms with E-state index in [2.05, 4.69) is 15.6 Å². The predicted octanol–water partition coefficient (Wildman–Crippen LogP) is 1.25. The van der Waals surface area contributed by atoms with Crippen molar-refractivity contribution in [3.63, 3.8) is 0 Å². The summed E-state index contributed by atoms with van der Waals surface area (Å²) in [7, 11) is 0. The second-order valence-corrected chi connectivity index (χ2v) is 3.76. The minimum Gasteiger partial charge on any atom is -0.361 e. The minimum absolute atomic E-state index is 0.252. The standard InChI is InChI=1S/C11H13N3O3/c1-7-5-9(17-13-7)3-4-12-11(15)10-6-8(2)16-14-10/h5-6H,3-4H2,1-2H3,(H,12,15). The van der Waals surface area contributed by atoms with Gasteiger partial charge in [0.1, 0.15) is 11.5 Å². The first-order valence-electron chi connectivity index (χ1n) is 5.29. The Morgan fingerprint density at radius 1 is 1.29 bits per heavy atom. The summed E-state index contributed by atoms with van der Waals surface area (Å²) < 4.78 is 9.83. The summed E-state index contributed by atoms with van der Waals surface area (Å²) >= 11 is 0. The molecule has 0 fully saturated rings. The molecule has 0 bridgehead atoms. The Kier molecular flexibility index (Phi) is 3.22. The fraction of sp³-hybridized carbons (Fsp3) is 0.364. The maximum Gasteiger partial charge on any atom is 0.273 e. The molecule has 0 unspecified atom stereocenters. The van der Waals surface area contributed by atoms with Crippen molar-refractivity contribution in [1.29, 1.82) is 0 Å². The van der Waals surface area contributed by atoms with Gasteiger partial charge in [-0.15, -0.1) is 0 Å². The minimum atomic E-state index is -0.252. The van der Waals surface area contributed by atoms with Crippen LogP contribution in [0.5, 0.6) is 0 Å². The number of aromatic nitrogens is 2. The molecule has 1 N–H and O–H groups in total. The Hall–Kier alpha value is -2.11. The molecular weight excluding hydrogens is 222 g/mol. The Labute approximate surface area is 98.0 Å². The van der Waals surface area contributed by atoms with Crippen LogP contribution in [0.4, 0.5) is 0 Å². The van der Waals surface area contributed by atoms with Gasteiger partial charge >= 0.3 is 0 Å². The highest BCUT2D eigenvalue weighted by Crippen LogP contribution is 2.03. The largest absolute Gasteiger partial charge is 0.361 e. The zero-order valence-electron chi connectivity index (χ0n) is 9.69. The van der Waals surface area contributed by atoms with E-state index in [-0.39, 0.29) is 11.6 Å². The van der Waals surface area contributed by atoms with Gasteiger partial charge in [0.05, 0.1) is 5.69 Å². The number of nitrogens with one attached hydrogen (secondary N) is 1. The van der Waals surface area contributed by atoms with Crippen LogP contribution in [-0.4, -0.2) is 22.8 Å². The van der Waals surface area contributed by atoms with Gasteiger partial charge in [0.25, 0.3) is 5.91 Å². The van der Waals surface area contributed by atoms with E-state index in [1.807, 2.05) is 13.0 Å². The number of aryl methyl sites for hydroxylation is 2. The van der Waals surface area contributed by atoms with Crippen molar-refractivity contribution in [3.05, 3.63) is 35.0 Å². The number of carbonyl (C=O) groups excluding carboxylic acids is 1. The third kappa shape index (κ3) is 2.93. The van der Waals surface area contributed by atoms with Gasteiger partial charge in [-0.2, -0.15) is 0 Å². The fourth-order valence-electron chi connectivity index (χ4n) is 1.40. The topological polar surface area (TPSA) is 81.2 Å². The van der Waals surface area contributed by atoms with Crippen LogP contribution < -0.4 is 5.32 Å². The highest BCUT2D eigenvalue weighted by Gasteiger charge is 2.10. The molecule has 0 aliphatic rings. The first-order chi connectivity index (χ1) is 8.15. The molecule has 6 heteroatoms. The van der Waals surface area contributed by atoms with Crippen LogP contribution in [0.3, 0.4) is 0 Å². The van der Waals surface area contributed by atoms with E-state index in [0.717, 1.165) is 11.5 Å². The molecule has 0 saturated carbocycles. The zero-order chi connectivity index (χ0) is 12.3. The first kappa shape index (κ1) is 11.4. The van der Waals surface area contributed by atoms with Crippen LogP contribution in [0, 0.1) is 13.8 Å². The number of hydrogen-bond donors (Lipinski definition) is 1. The van der Waals surface area contributed by atoms with Crippen molar-refractivity contribution in [3.8, 4) is 0 Å². The predicted molar refractivity (Wildman–Crippen MR) is 58.5 cm³/mol. The average Bonchev–Trinajstić information content (AvgIpc) is 2.88. The molecule has 0 atom stereocenters. The van der Waals surface area contributed by atoms with Gasteiger partial charge in [-0.1, -0.05) is 10.3 Å². The SMILES string of the molecule is Cc1cc(CCNC(=O)c2cc(C)on2)on1. The molecule has 1 amide bonds. The average molecular weight is 235 g/mol.